The summed E-state index contributed by atoms with van der Waals surface area (Å²) in [6, 6.07) is 54.1. The first-order chi connectivity index (χ1) is 25.3. The molecule has 7 aromatic rings. The average Bonchev–Trinajstić information content (AvgIpc) is 3.90. The van der Waals surface area contributed by atoms with E-state index < -0.39 is 0 Å². The van der Waals surface area contributed by atoms with E-state index in [1.807, 2.05) is 6.07 Å². The summed E-state index contributed by atoms with van der Waals surface area (Å²) in [6.45, 7) is 0. The molecule has 0 bridgehead atoms. The summed E-state index contributed by atoms with van der Waals surface area (Å²) in [7, 11) is 0. The maximum absolute atomic E-state index is 3.36. The third-order valence-corrected chi connectivity index (χ3v) is 13.3. The normalized spacial score (nSPS) is 21.6. The lowest BCUT2D eigenvalue weighted by Gasteiger charge is -2.33. The molecule has 1 nitrogen and oxygen atoms in total. The quantitative estimate of drug-likeness (QED) is 0.181. The zero-order valence-corrected chi connectivity index (χ0v) is 28.7. The minimum atomic E-state index is -0.169. The van der Waals surface area contributed by atoms with Crippen LogP contribution in [0.3, 0.4) is 0 Å². The maximum atomic E-state index is 3.36. The number of benzene rings is 5. The van der Waals surface area contributed by atoms with Gasteiger partial charge in [0.05, 0.1) is 15.8 Å². The van der Waals surface area contributed by atoms with Crippen LogP contribution >= 0.6 is 11.3 Å². The number of hydrogen-bond donors (Lipinski definition) is 0. The number of para-hydroxylation sites is 1. The van der Waals surface area contributed by atoms with E-state index in [-0.39, 0.29) is 5.41 Å². The number of anilines is 3. The molecule has 0 saturated heterocycles. The van der Waals surface area contributed by atoms with Crippen LogP contribution in [-0.4, -0.2) is 0 Å². The largest absolute Gasteiger partial charge is 0.310 e. The minimum absolute atomic E-state index is 0.169. The second-order valence-corrected chi connectivity index (χ2v) is 15.5. The molecule has 1 fully saturated rings. The van der Waals surface area contributed by atoms with E-state index in [4.69, 9.17) is 0 Å². The summed E-state index contributed by atoms with van der Waals surface area (Å²) >= 11 is 1.80. The van der Waals surface area contributed by atoms with E-state index in [1.165, 1.54) is 65.8 Å². The van der Waals surface area contributed by atoms with Crippen molar-refractivity contribution in [3.63, 3.8) is 0 Å². The average molecular weight is 666 g/mol. The highest BCUT2D eigenvalue weighted by Gasteiger charge is 2.65. The van der Waals surface area contributed by atoms with E-state index in [0.717, 1.165) is 23.2 Å². The fraction of sp³-hybridized carbons (Fsp3) is 0.102. The molecule has 0 amide bonds. The van der Waals surface area contributed by atoms with Gasteiger partial charge in [0.25, 0.3) is 0 Å². The Bertz CT molecular complexity index is 2770. The lowest BCUT2D eigenvalue weighted by atomic mass is 9.68. The number of allylic oxidation sites excluding steroid dienone is 8. The molecule has 1 spiro atoms. The van der Waals surface area contributed by atoms with Gasteiger partial charge in [-0.2, -0.15) is 0 Å². The molecule has 5 aliphatic carbocycles. The summed E-state index contributed by atoms with van der Waals surface area (Å²) < 4.78 is 2.41. The Balaban J connectivity index is 1.14. The fourth-order valence-electron chi connectivity index (χ4n) is 10.5. The Morgan fingerprint density at radius 1 is 0.706 bits per heavy atom. The second kappa shape index (κ2) is 10.1. The number of nitrogens with zero attached hydrogens (tertiary/aromatic N) is 1. The van der Waals surface area contributed by atoms with Crippen molar-refractivity contribution in [3.8, 4) is 11.1 Å². The highest BCUT2D eigenvalue weighted by Crippen LogP contribution is 2.74. The van der Waals surface area contributed by atoms with Gasteiger partial charge in [0.15, 0.2) is 0 Å². The van der Waals surface area contributed by atoms with Crippen LogP contribution in [0, 0.1) is 24.0 Å². The molecule has 0 N–H and O–H groups in total. The molecule has 2 heteroatoms. The van der Waals surface area contributed by atoms with Gasteiger partial charge in [-0.1, -0.05) is 121 Å². The van der Waals surface area contributed by atoms with E-state index in [9.17, 15) is 0 Å². The number of fused-ring (bicyclic) bond motifs is 8. The number of thiophene rings is 1. The van der Waals surface area contributed by atoms with Gasteiger partial charge in [-0.25, -0.2) is 0 Å². The molecule has 3 atom stereocenters. The molecule has 6 aromatic carbocycles. The third-order valence-electron chi connectivity index (χ3n) is 12.3. The molecule has 0 aliphatic heterocycles. The van der Waals surface area contributed by atoms with Crippen LogP contribution in [0.5, 0.6) is 0 Å². The molecule has 1 heterocycles. The van der Waals surface area contributed by atoms with Crippen molar-refractivity contribution in [1.82, 2.24) is 0 Å². The number of hydrogen-bond acceptors (Lipinski definition) is 2. The first-order valence-corrected chi connectivity index (χ1v) is 18.9. The lowest BCUT2D eigenvalue weighted by molar-refractivity contribution is 0.483. The van der Waals surface area contributed by atoms with Gasteiger partial charge in [-0.15, -0.1) is 11.3 Å². The van der Waals surface area contributed by atoms with Gasteiger partial charge in [0, 0.05) is 44.2 Å². The van der Waals surface area contributed by atoms with Crippen molar-refractivity contribution >= 4 is 59.7 Å². The van der Waals surface area contributed by atoms with Crippen LogP contribution < -0.4 is 4.90 Å². The Morgan fingerprint density at radius 3 is 2.47 bits per heavy atom. The maximum Gasteiger partial charge on any atom is 0.0857 e. The smallest absolute Gasteiger partial charge is 0.0857 e. The van der Waals surface area contributed by atoms with E-state index >= 15 is 0 Å². The fourth-order valence-corrected chi connectivity index (χ4v) is 11.6. The minimum Gasteiger partial charge on any atom is -0.310 e. The lowest BCUT2D eigenvalue weighted by Crippen LogP contribution is -2.30. The summed E-state index contributed by atoms with van der Waals surface area (Å²) in [5, 5.41) is 2.51. The molecule has 3 unspecified atom stereocenters. The van der Waals surface area contributed by atoms with Crippen LogP contribution in [0.2, 0.25) is 0 Å². The van der Waals surface area contributed by atoms with Crippen LogP contribution in [0.15, 0.2) is 163 Å². The summed E-state index contributed by atoms with van der Waals surface area (Å²) in [5.41, 5.74) is 17.9. The van der Waals surface area contributed by atoms with Crippen molar-refractivity contribution in [2.24, 2.45) is 11.8 Å². The molecular formula is C49H31NS. The van der Waals surface area contributed by atoms with Gasteiger partial charge < -0.3 is 4.90 Å². The molecular weight excluding hydrogens is 635 g/mol. The van der Waals surface area contributed by atoms with E-state index in [0.29, 0.717) is 11.8 Å². The van der Waals surface area contributed by atoms with Crippen LogP contribution in [-0.2, 0) is 5.41 Å². The van der Waals surface area contributed by atoms with Gasteiger partial charge >= 0.3 is 0 Å². The van der Waals surface area contributed by atoms with Crippen LogP contribution in [0.1, 0.15) is 35.1 Å². The van der Waals surface area contributed by atoms with E-state index in [2.05, 4.69) is 163 Å². The Labute approximate surface area is 301 Å². The Morgan fingerprint density at radius 2 is 1.53 bits per heavy atom. The molecule has 5 aliphatic rings. The molecule has 12 rings (SSSR count). The summed E-state index contributed by atoms with van der Waals surface area (Å²) in [6.07, 6.45) is 12.1. The van der Waals surface area contributed by atoms with Crippen molar-refractivity contribution < 1.29 is 0 Å². The SMILES string of the molecule is c1ccc2c(c#1)sc1cc(N(c3ccc4c(c3)C35C6=C(CCC=C6C6C=CC=C4C63)c3ccccc35)c3ccccc3-c3ccccc3)ccc12. The van der Waals surface area contributed by atoms with Gasteiger partial charge in [0.2, 0.25) is 0 Å². The summed E-state index contributed by atoms with van der Waals surface area (Å²) in [5.74, 6) is 0.803. The van der Waals surface area contributed by atoms with Crippen molar-refractivity contribution in [2.75, 3.05) is 4.90 Å². The van der Waals surface area contributed by atoms with Gasteiger partial charge in [0.1, 0.15) is 0 Å². The first-order valence-electron chi connectivity index (χ1n) is 18.1. The molecule has 51 heavy (non-hydrogen) atoms. The molecule has 1 aromatic heterocycles. The molecule has 238 valence electrons. The number of rotatable bonds is 4. The predicted molar refractivity (Wildman–Crippen MR) is 213 cm³/mol. The highest BCUT2D eigenvalue weighted by atomic mass is 32.1. The predicted octanol–water partition coefficient (Wildman–Crippen LogP) is 12.8. The molecule has 0 radical (unpaired) electrons. The zero-order valence-electron chi connectivity index (χ0n) is 27.9. The van der Waals surface area contributed by atoms with Crippen molar-refractivity contribution in [3.05, 3.63) is 197 Å². The summed E-state index contributed by atoms with van der Waals surface area (Å²) in [4.78, 5) is 2.51. The van der Waals surface area contributed by atoms with Crippen LogP contribution in [0.4, 0.5) is 17.1 Å². The van der Waals surface area contributed by atoms with Crippen LogP contribution in [0.25, 0.3) is 42.4 Å². The van der Waals surface area contributed by atoms with Gasteiger partial charge in [-0.3, -0.25) is 0 Å². The van der Waals surface area contributed by atoms with Crippen molar-refractivity contribution in [1.29, 1.82) is 0 Å². The Hall–Kier alpha value is -5.88. The van der Waals surface area contributed by atoms with E-state index in [1.54, 1.807) is 28.1 Å². The molecule has 1 saturated carbocycles. The Kier molecular flexibility index (Phi) is 5.52. The standard InChI is InChI=1S/C49H31NS/c1-2-12-30(13-3-1)33-14-5-8-22-44(33)50(32-25-27-37-36-16-6-9-23-45(36)51-46(37)29-32)31-24-26-35-39-18-11-20-41-40-19-10-17-38-34-15-4-7-21-42(34)49(47(38)40,48(39)41)43(35)28-31/h1-8,11-16,18-22,24-29,41,48H,10,17H2. The topological polar surface area (TPSA) is 3.24 Å². The second-order valence-electron chi connectivity index (χ2n) is 14.5. The zero-order chi connectivity index (χ0) is 33.3. The first kappa shape index (κ1) is 27.9. The highest BCUT2D eigenvalue weighted by molar-refractivity contribution is 7.25. The van der Waals surface area contributed by atoms with Gasteiger partial charge in [-0.05, 0) is 105 Å². The monoisotopic (exact) mass is 665 g/mol. The van der Waals surface area contributed by atoms with Crippen molar-refractivity contribution in [2.45, 2.75) is 18.3 Å². The third kappa shape index (κ3) is 3.52.